The van der Waals surface area contributed by atoms with E-state index in [2.05, 4.69) is 19.2 Å². The summed E-state index contributed by atoms with van der Waals surface area (Å²) < 4.78 is 13.0. The van der Waals surface area contributed by atoms with Gasteiger partial charge in [0.25, 0.3) is 0 Å². The standard InChI is InChI=1S/C16H24FN/c1-12-8-13(2)10-16(9-12)18-7-6-14-4-3-5-15(17)11-14/h3-5,11-13,16,18H,6-10H2,1-2H3. The lowest BCUT2D eigenvalue weighted by Gasteiger charge is -2.32. The molecule has 2 rings (SSSR count). The van der Waals surface area contributed by atoms with Gasteiger partial charge in [-0.25, -0.2) is 4.39 Å². The summed E-state index contributed by atoms with van der Waals surface area (Å²) in [7, 11) is 0. The lowest BCUT2D eigenvalue weighted by atomic mass is 9.80. The topological polar surface area (TPSA) is 12.0 Å². The van der Waals surface area contributed by atoms with Crippen LogP contribution in [0.25, 0.3) is 0 Å². The molecule has 1 saturated carbocycles. The summed E-state index contributed by atoms with van der Waals surface area (Å²) in [5, 5.41) is 3.63. The molecule has 0 radical (unpaired) electrons. The molecule has 1 N–H and O–H groups in total. The molecule has 2 unspecified atom stereocenters. The molecule has 0 heterocycles. The molecule has 0 aliphatic heterocycles. The van der Waals surface area contributed by atoms with Crippen LogP contribution < -0.4 is 5.32 Å². The predicted molar refractivity (Wildman–Crippen MR) is 74.1 cm³/mol. The van der Waals surface area contributed by atoms with E-state index < -0.39 is 0 Å². The van der Waals surface area contributed by atoms with Gasteiger partial charge in [0.15, 0.2) is 0 Å². The van der Waals surface area contributed by atoms with Crippen LogP contribution in [0.3, 0.4) is 0 Å². The van der Waals surface area contributed by atoms with E-state index in [9.17, 15) is 4.39 Å². The molecule has 1 fully saturated rings. The van der Waals surface area contributed by atoms with Gasteiger partial charge in [-0.1, -0.05) is 26.0 Å². The molecule has 18 heavy (non-hydrogen) atoms. The van der Waals surface area contributed by atoms with E-state index in [1.54, 1.807) is 12.1 Å². The van der Waals surface area contributed by atoms with Crippen molar-refractivity contribution in [2.24, 2.45) is 11.8 Å². The maximum absolute atomic E-state index is 13.0. The smallest absolute Gasteiger partial charge is 0.123 e. The van der Waals surface area contributed by atoms with Crippen molar-refractivity contribution < 1.29 is 4.39 Å². The van der Waals surface area contributed by atoms with E-state index in [4.69, 9.17) is 0 Å². The van der Waals surface area contributed by atoms with Crippen LogP contribution in [0.5, 0.6) is 0 Å². The van der Waals surface area contributed by atoms with E-state index in [0.717, 1.165) is 30.4 Å². The Bertz CT molecular complexity index is 367. The zero-order valence-electron chi connectivity index (χ0n) is 11.5. The Labute approximate surface area is 110 Å². The molecule has 1 aliphatic carbocycles. The summed E-state index contributed by atoms with van der Waals surface area (Å²) in [5.74, 6) is 1.54. The van der Waals surface area contributed by atoms with Crippen LogP contribution in [-0.4, -0.2) is 12.6 Å². The molecule has 0 spiro atoms. The second kappa shape index (κ2) is 6.33. The molecule has 1 nitrogen and oxygen atoms in total. The Kier molecular flexibility index (Phi) is 4.76. The summed E-state index contributed by atoms with van der Waals surface area (Å²) in [6.45, 7) is 5.64. The minimum atomic E-state index is -0.132. The lowest BCUT2D eigenvalue weighted by molar-refractivity contribution is 0.240. The minimum absolute atomic E-state index is 0.132. The van der Waals surface area contributed by atoms with Crippen LogP contribution in [-0.2, 0) is 6.42 Å². The molecular weight excluding hydrogens is 225 g/mol. The molecule has 2 atom stereocenters. The van der Waals surface area contributed by atoms with E-state index in [1.807, 2.05) is 6.07 Å². The Hall–Kier alpha value is -0.890. The maximum Gasteiger partial charge on any atom is 0.123 e. The molecular formula is C16H24FN. The minimum Gasteiger partial charge on any atom is -0.314 e. The second-order valence-electron chi connectivity index (χ2n) is 5.95. The van der Waals surface area contributed by atoms with Crippen molar-refractivity contribution in [3.8, 4) is 0 Å². The van der Waals surface area contributed by atoms with Crippen molar-refractivity contribution >= 4 is 0 Å². The highest BCUT2D eigenvalue weighted by molar-refractivity contribution is 5.16. The molecule has 0 bridgehead atoms. The van der Waals surface area contributed by atoms with E-state index in [0.29, 0.717) is 6.04 Å². The Morgan fingerprint density at radius 3 is 2.56 bits per heavy atom. The highest BCUT2D eigenvalue weighted by atomic mass is 19.1. The molecule has 0 aromatic heterocycles. The van der Waals surface area contributed by atoms with Crippen molar-refractivity contribution in [3.63, 3.8) is 0 Å². The average Bonchev–Trinajstić information content (AvgIpc) is 2.27. The van der Waals surface area contributed by atoms with Crippen LogP contribution in [0.15, 0.2) is 24.3 Å². The van der Waals surface area contributed by atoms with Crippen LogP contribution in [0, 0.1) is 17.7 Å². The highest BCUT2D eigenvalue weighted by Gasteiger charge is 2.23. The van der Waals surface area contributed by atoms with Gasteiger partial charge < -0.3 is 5.32 Å². The van der Waals surface area contributed by atoms with Gasteiger partial charge in [-0.2, -0.15) is 0 Å². The van der Waals surface area contributed by atoms with E-state index in [1.165, 1.54) is 25.3 Å². The van der Waals surface area contributed by atoms with Crippen LogP contribution >= 0.6 is 0 Å². The number of rotatable bonds is 4. The van der Waals surface area contributed by atoms with E-state index in [-0.39, 0.29) is 5.82 Å². The first-order valence-corrected chi connectivity index (χ1v) is 7.11. The Morgan fingerprint density at radius 1 is 1.17 bits per heavy atom. The third-order valence-electron chi connectivity index (χ3n) is 3.91. The molecule has 0 saturated heterocycles. The van der Waals surface area contributed by atoms with Gasteiger partial charge in [0, 0.05) is 6.04 Å². The van der Waals surface area contributed by atoms with Crippen LogP contribution in [0.2, 0.25) is 0 Å². The Morgan fingerprint density at radius 2 is 1.89 bits per heavy atom. The number of halogens is 1. The predicted octanol–water partition coefficient (Wildman–Crippen LogP) is 3.78. The summed E-state index contributed by atoms with van der Waals surface area (Å²) in [6.07, 6.45) is 4.85. The van der Waals surface area contributed by atoms with Crippen LogP contribution in [0.1, 0.15) is 38.7 Å². The van der Waals surface area contributed by atoms with Gasteiger partial charge in [-0.05, 0) is 61.8 Å². The fourth-order valence-corrected chi connectivity index (χ4v) is 3.23. The summed E-state index contributed by atoms with van der Waals surface area (Å²) in [5.41, 5.74) is 1.08. The van der Waals surface area contributed by atoms with Crippen molar-refractivity contribution in [1.29, 1.82) is 0 Å². The summed E-state index contributed by atoms with van der Waals surface area (Å²) in [6, 6.07) is 7.57. The van der Waals surface area contributed by atoms with Crippen molar-refractivity contribution in [1.82, 2.24) is 5.32 Å². The first-order valence-electron chi connectivity index (χ1n) is 7.11. The number of nitrogens with one attached hydrogen (secondary N) is 1. The normalized spacial score (nSPS) is 28.3. The fourth-order valence-electron chi connectivity index (χ4n) is 3.23. The first-order chi connectivity index (χ1) is 8.63. The summed E-state index contributed by atoms with van der Waals surface area (Å²) >= 11 is 0. The van der Waals surface area contributed by atoms with E-state index >= 15 is 0 Å². The first kappa shape index (κ1) is 13.5. The highest BCUT2D eigenvalue weighted by Crippen LogP contribution is 2.28. The summed E-state index contributed by atoms with van der Waals surface area (Å²) in [4.78, 5) is 0. The average molecular weight is 249 g/mol. The second-order valence-corrected chi connectivity index (χ2v) is 5.95. The van der Waals surface area contributed by atoms with Crippen LogP contribution in [0.4, 0.5) is 4.39 Å². The molecule has 1 aromatic rings. The van der Waals surface area contributed by atoms with Gasteiger partial charge >= 0.3 is 0 Å². The molecule has 100 valence electrons. The molecule has 1 aromatic carbocycles. The zero-order valence-corrected chi connectivity index (χ0v) is 11.5. The lowest BCUT2D eigenvalue weighted by Crippen LogP contribution is -2.37. The number of hydrogen-bond acceptors (Lipinski definition) is 1. The fraction of sp³-hybridized carbons (Fsp3) is 0.625. The number of hydrogen-bond donors (Lipinski definition) is 1. The molecule has 2 heteroatoms. The largest absolute Gasteiger partial charge is 0.314 e. The monoisotopic (exact) mass is 249 g/mol. The zero-order chi connectivity index (χ0) is 13.0. The quantitative estimate of drug-likeness (QED) is 0.856. The molecule has 0 amide bonds. The number of benzene rings is 1. The van der Waals surface area contributed by atoms with Gasteiger partial charge in [0.05, 0.1) is 0 Å². The van der Waals surface area contributed by atoms with Gasteiger partial charge in [0.2, 0.25) is 0 Å². The Balaban J connectivity index is 1.75. The third-order valence-corrected chi connectivity index (χ3v) is 3.91. The SMILES string of the molecule is CC1CC(C)CC(NCCc2cccc(F)c2)C1. The van der Waals surface area contributed by atoms with Gasteiger partial charge in [0.1, 0.15) is 5.82 Å². The molecule has 1 aliphatic rings. The van der Waals surface area contributed by atoms with Gasteiger partial charge in [-0.15, -0.1) is 0 Å². The van der Waals surface area contributed by atoms with Crippen molar-refractivity contribution in [3.05, 3.63) is 35.6 Å². The third kappa shape index (κ3) is 4.09. The van der Waals surface area contributed by atoms with Crippen molar-refractivity contribution in [2.75, 3.05) is 6.54 Å². The maximum atomic E-state index is 13.0. The van der Waals surface area contributed by atoms with Crippen molar-refractivity contribution in [2.45, 2.75) is 45.6 Å². The van der Waals surface area contributed by atoms with Gasteiger partial charge in [-0.3, -0.25) is 0 Å².